The van der Waals surface area contributed by atoms with Crippen molar-refractivity contribution in [3.05, 3.63) is 36.0 Å². The topological polar surface area (TPSA) is 113 Å². The summed E-state index contributed by atoms with van der Waals surface area (Å²) < 4.78 is 10.6. The Hall–Kier alpha value is -2.67. The van der Waals surface area contributed by atoms with Crippen LogP contribution in [0.3, 0.4) is 0 Å². The lowest BCUT2D eigenvalue weighted by Crippen LogP contribution is -2.15. The lowest BCUT2D eigenvalue weighted by Gasteiger charge is -2.11. The van der Waals surface area contributed by atoms with Crippen LogP contribution < -0.4 is 16.2 Å². The van der Waals surface area contributed by atoms with Crippen molar-refractivity contribution in [3.63, 3.8) is 0 Å². The molecule has 0 atom stereocenters. The zero-order valence-corrected chi connectivity index (χ0v) is 11.6. The molecular formula is C14H16N4O3. The molecule has 1 amide bonds. The minimum absolute atomic E-state index is 0.0204. The van der Waals surface area contributed by atoms with Crippen molar-refractivity contribution in [1.29, 1.82) is 0 Å². The number of methoxy groups -OCH3 is 1. The van der Waals surface area contributed by atoms with Crippen LogP contribution in [0, 0.1) is 0 Å². The fraction of sp³-hybridized carbons (Fsp3) is 0.214. The van der Waals surface area contributed by atoms with Gasteiger partial charge in [0.25, 0.3) is 5.91 Å². The number of aromatic nitrogens is 2. The van der Waals surface area contributed by atoms with Gasteiger partial charge in [0.05, 0.1) is 12.3 Å². The van der Waals surface area contributed by atoms with E-state index in [4.69, 9.17) is 20.9 Å². The van der Waals surface area contributed by atoms with E-state index in [9.17, 15) is 4.79 Å². The SMILES string of the molecule is COCCOc1ccccc1-c1cc(C(N)=O)nc(N)n1. The molecule has 0 radical (unpaired) electrons. The number of rotatable bonds is 6. The molecule has 110 valence electrons. The lowest BCUT2D eigenvalue weighted by molar-refractivity contribution is 0.0995. The maximum Gasteiger partial charge on any atom is 0.267 e. The molecule has 7 heteroatoms. The van der Waals surface area contributed by atoms with Gasteiger partial charge in [-0.15, -0.1) is 0 Å². The number of hydrogen-bond donors (Lipinski definition) is 2. The summed E-state index contributed by atoms with van der Waals surface area (Å²) >= 11 is 0. The first kappa shape index (κ1) is 14.7. The summed E-state index contributed by atoms with van der Waals surface area (Å²) in [5.41, 5.74) is 12.1. The number of benzene rings is 1. The maximum absolute atomic E-state index is 11.3. The zero-order valence-electron chi connectivity index (χ0n) is 11.6. The molecule has 1 aromatic carbocycles. The smallest absolute Gasteiger partial charge is 0.267 e. The fourth-order valence-electron chi connectivity index (χ4n) is 1.77. The van der Waals surface area contributed by atoms with Crippen molar-refractivity contribution >= 4 is 11.9 Å². The van der Waals surface area contributed by atoms with E-state index < -0.39 is 5.91 Å². The van der Waals surface area contributed by atoms with Gasteiger partial charge in [-0.05, 0) is 18.2 Å². The first-order valence-electron chi connectivity index (χ1n) is 6.27. The highest BCUT2D eigenvalue weighted by Gasteiger charge is 2.12. The van der Waals surface area contributed by atoms with Crippen LogP contribution in [0.5, 0.6) is 5.75 Å². The molecule has 1 heterocycles. The molecule has 0 saturated heterocycles. The lowest BCUT2D eigenvalue weighted by atomic mass is 10.1. The number of carbonyl (C=O) groups is 1. The van der Waals surface area contributed by atoms with Gasteiger partial charge >= 0.3 is 0 Å². The normalized spacial score (nSPS) is 10.3. The van der Waals surface area contributed by atoms with Crippen LogP contribution in [-0.2, 0) is 4.74 Å². The van der Waals surface area contributed by atoms with Gasteiger partial charge in [0.15, 0.2) is 0 Å². The molecule has 0 fully saturated rings. The number of nitrogen functional groups attached to an aromatic ring is 1. The van der Waals surface area contributed by atoms with E-state index in [1.165, 1.54) is 6.07 Å². The summed E-state index contributed by atoms with van der Waals surface area (Å²) in [6.07, 6.45) is 0. The molecule has 0 bridgehead atoms. The van der Waals surface area contributed by atoms with Crippen molar-refractivity contribution in [2.24, 2.45) is 5.73 Å². The Labute approximate surface area is 121 Å². The van der Waals surface area contributed by atoms with Crippen molar-refractivity contribution in [2.45, 2.75) is 0 Å². The fourth-order valence-corrected chi connectivity index (χ4v) is 1.77. The van der Waals surface area contributed by atoms with Gasteiger partial charge in [-0.2, -0.15) is 0 Å². The van der Waals surface area contributed by atoms with Crippen molar-refractivity contribution in [3.8, 4) is 17.0 Å². The second-order valence-electron chi connectivity index (χ2n) is 4.20. The van der Waals surface area contributed by atoms with E-state index in [0.29, 0.717) is 30.2 Å². The Morgan fingerprint density at radius 2 is 2.00 bits per heavy atom. The van der Waals surface area contributed by atoms with Gasteiger partial charge in [0.1, 0.15) is 18.1 Å². The molecule has 0 aliphatic heterocycles. The minimum Gasteiger partial charge on any atom is -0.490 e. The molecule has 2 rings (SSSR count). The quantitative estimate of drug-likeness (QED) is 0.762. The number of primary amides is 1. The van der Waals surface area contributed by atoms with Crippen LogP contribution >= 0.6 is 0 Å². The summed E-state index contributed by atoms with van der Waals surface area (Å²) in [7, 11) is 1.60. The Bertz CT molecular complexity index is 646. The van der Waals surface area contributed by atoms with Crippen molar-refractivity contribution < 1.29 is 14.3 Å². The Morgan fingerprint density at radius 1 is 1.24 bits per heavy atom. The van der Waals surface area contributed by atoms with Gasteiger partial charge in [-0.1, -0.05) is 12.1 Å². The van der Waals surface area contributed by atoms with Gasteiger partial charge in [-0.25, -0.2) is 9.97 Å². The average molecular weight is 288 g/mol. The summed E-state index contributed by atoms with van der Waals surface area (Å²) in [5, 5.41) is 0. The highest BCUT2D eigenvalue weighted by molar-refractivity contribution is 5.92. The number of anilines is 1. The number of nitrogens with two attached hydrogens (primary N) is 2. The first-order valence-corrected chi connectivity index (χ1v) is 6.27. The molecule has 0 spiro atoms. The molecule has 0 aliphatic carbocycles. The molecule has 2 aromatic rings. The van der Waals surface area contributed by atoms with Gasteiger partial charge in [0, 0.05) is 12.7 Å². The molecular weight excluding hydrogens is 272 g/mol. The van der Waals surface area contributed by atoms with E-state index in [1.54, 1.807) is 13.2 Å². The van der Waals surface area contributed by atoms with E-state index >= 15 is 0 Å². The van der Waals surface area contributed by atoms with E-state index in [-0.39, 0.29) is 11.6 Å². The number of hydrogen-bond acceptors (Lipinski definition) is 6. The van der Waals surface area contributed by atoms with E-state index in [1.807, 2.05) is 18.2 Å². The average Bonchev–Trinajstić information content (AvgIpc) is 2.47. The van der Waals surface area contributed by atoms with Gasteiger partial charge < -0.3 is 20.9 Å². The van der Waals surface area contributed by atoms with E-state index in [0.717, 1.165) is 0 Å². The zero-order chi connectivity index (χ0) is 15.2. The Balaban J connectivity index is 2.39. The second kappa shape index (κ2) is 6.67. The van der Waals surface area contributed by atoms with Gasteiger partial charge in [0.2, 0.25) is 5.95 Å². The summed E-state index contributed by atoms with van der Waals surface area (Å²) in [5.74, 6) is -0.0702. The summed E-state index contributed by atoms with van der Waals surface area (Å²) in [6, 6.07) is 8.77. The number of nitrogens with zero attached hydrogens (tertiary/aromatic N) is 2. The molecule has 4 N–H and O–H groups in total. The molecule has 1 aromatic heterocycles. The maximum atomic E-state index is 11.3. The number of ether oxygens (including phenoxy) is 2. The number of carbonyl (C=O) groups excluding carboxylic acids is 1. The third kappa shape index (κ3) is 3.67. The van der Waals surface area contributed by atoms with Crippen molar-refractivity contribution in [2.75, 3.05) is 26.1 Å². The highest BCUT2D eigenvalue weighted by atomic mass is 16.5. The predicted octanol–water partition coefficient (Wildman–Crippen LogP) is 0.850. The standard InChI is InChI=1S/C14H16N4O3/c1-20-6-7-21-12-5-3-2-4-9(12)10-8-11(13(15)19)18-14(16)17-10/h2-5,8H,6-7H2,1H3,(H2,15,19)(H2,16,17,18). The Morgan fingerprint density at radius 3 is 2.71 bits per heavy atom. The summed E-state index contributed by atoms with van der Waals surface area (Å²) in [6.45, 7) is 0.865. The predicted molar refractivity (Wildman–Crippen MR) is 77.8 cm³/mol. The molecule has 0 unspecified atom stereocenters. The van der Waals surface area contributed by atoms with Crippen molar-refractivity contribution in [1.82, 2.24) is 9.97 Å². The van der Waals surface area contributed by atoms with E-state index in [2.05, 4.69) is 9.97 Å². The number of para-hydroxylation sites is 1. The first-order chi connectivity index (χ1) is 10.1. The van der Waals surface area contributed by atoms with Crippen LogP contribution in [0.15, 0.2) is 30.3 Å². The Kier molecular flexibility index (Phi) is 4.68. The molecule has 7 nitrogen and oxygen atoms in total. The largest absolute Gasteiger partial charge is 0.490 e. The minimum atomic E-state index is -0.664. The van der Waals surface area contributed by atoms with Crippen LogP contribution in [0.2, 0.25) is 0 Å². The van der Waals surface area contributed by atoms with Gasteiger partial charge in [-0.3, -0.25) is 4.79 Å². The van der Waals surface area contributed by atoms with Crippen LogP contribution in [0.1, 0.15) is 10.5 Å². The number of amides is 1. The van der Waals surface area contributed by atoms with Crippen LogP contribution in [0.25, 0.3) is 11.3 Å². The van der Waals surface area contributed by atoms with Crippen LogP contribution in [0.4, 0.5) is 5.95 Å². The summed E-state index contributed by atoms with van der Waals surface area (Å²) in [4.78, 5) is 19.2. The molecule has 0 aliphatic rings. The third-order valence-electron chi connectivity index (χ3n) is 2.70. The highest BCUT2D eigenvalue weighted by Crippen LogP contribution is 2.29. The molecule has 21 heavy (non-hydrogen) atoms. The van der Waals surface area contributed by atoms with Crippen LogP contribution in [-0.4, -0.2) is 36.2 Å². The monoisotopic (exact) mass is 288 g/mol. The second-order valence-corrected chi connectivity index (χ2v) is 4.20. The molecule has 0 saturated carbocycles. The third-order valence-corrected chi connectivity index (χ3v) is 2.70.